The first-order valence-corrected chi connectivity index (χ1v) is 6.34. The predicted octanol–water partition coefficient (Wildman–Crippen LogP) is 2.94. The molecule has 1 aliphatic rings. The smallest absolute Gasteiger partial charge is 0.245 e. The highest BCUT2D eigenvalue weighted by Gasteiger charge is 2.32. The lowest BCUT2D eigenvalue weighted by molar-refractivity contribution is 0.500. The Labute approximate surface area is 114 Å². The molecule has 0 unspecified atom stereocenters. The molecular formula is C11H10Cl2N4O. The number of aromatic nitrogens is 3. The second-order valence-electron chi connectivity index (χ2n) is 4.13. The van der Waals surface area contributed by atoms with Gasteiger partial charge >= 0.3 is 0 Å². The summed E-state index contributed by atoms with van der Waals surface area (Å²) in [6.07, 6.45) is 3.87. The molecule has 1 aliphatic carbocycles. The minimum absolute atomic E-state index is 0.0968. The summed E-state index contributed by atoms with van der Waals surface area (Å²) in [6, 6.07) is 4.19. The molecule has 7 heteroatoms. The van der Waals surface area contributed by atoms with E-state index in [0.717, 1.165) is 18.6 Å². The predicted molar refractivity (Wildman–Crippen MR) is 67.8 cm³/mol. The second kappa shape index (κ2) is 4.74. The third kappa shape index (κ3) is 2.42. The summed E-state index contributed by atoms with van der Waals surface area (Å²) in [5.74, 6) is 1.42. The quantitative estimate of drug-likeness (QED) is 0.864. The van der Waals surface area contributed by atoms with Crippen LogP contribution in [0.25, 0.3) is 0 Å². The molecule has 0 radical (unpaired) electrons. The molecule has 18 heavy (non-hydrogen) atoms. The van der Waals surface area contributed by atoms with Gasteiger partial charge in [-0.15, -0.1) is 10.2 Å². The van der Waals surface area contributed by atoms with E-state index < -0.39 is 0 Å². The minimum atomic E-state index is 0.0968. The molecule has 1 saturated carbocycles. The molecule has 2 heterocycles. The van der Waals surface area contributed by atoms with Crippen LogP contribution in [0.4, 0.5) is 5.82 Å². The van der Waals surface area contributed by atoms with Gasteiger partial charge in [-0.1, -0.05) is 11.6 Å². The molecule has 5 nitrogen and oxygen atoms in total. The molecule has 3 rings (SSSR count). The van der Waals surface area contributed by atoms with Crippen molar-refractivity contribution in [2.75, 3.05) is 4.90 Å². The Balaban J connectivity index is 1.91. The van der Waals surface area contributed by atoms with E-state index in [1.54, 1.807) is 6.26 Å². The maximum absolute atomic E-state index is 6.04. The molecule has 0 saturated heterocycles. The standard InChI is InChI=1S/C11H10Cl2N4O/c12-9-10(14-11(13)16-15-9)17(7-3-4-7)6-8-2-1-5-18-8/h1-2,5,7H,3-4,6H2. The van der Waals surface area contributed by atoms with Crippen LogP contribution >= 0.6 is 23.2 Å². The maximum atomic E-state index is 6.04. The van der Waals surface area contributed by atoms with E-state index in [1.165, 1.54) is 0 Å². The van der Waals surface area contributed by atoms with Gasteiger partial charge in [-0.3, -0.25) is 0 Å². The van der Waals surface area contributed by atoms with Crippen molar-refractivity contribution in [2.45, 2.75) is 25.4 Å². The summed E-state index contributed by atoms with van der Waals surface area (Å²) in [4.78, 5) is 6.22. The van der Waals surface area contributed by atoms with Crippen molar-refractivity contribution >= 4 is 29.0 Å². The maximum Gasteiger partial charge on any atom is 0.245 e. The number of anilines is 1. The second-order valence-corrected chi connectivity index (χ2v) is 4.83. The molecule has 0 spiro atoms. The van der Waals surface area contributed by atoms with Crippen molar-refractivity contribution in [1.29, 1.82) is 0 Å². The SMILES string of the molecule is Clc1nnc(Cl)c(N(Cc2ccco2)C2CC2)n1. The van der Waals surface area contributed by atoms with Crippen molar-refractivity contribution in [2.24, 2.45) is 0 Å². The van der Waals surface area contributed by atoms with E-state index in [-0.39, 0.29) is 10.4 Å². The first-order chi connectivity index (χ1) is 8.74. The molecule has 0 N–H and O–H groups in total. The number of rotatable bonds is 4. The molecule has 0 amide bonds. The summed E-state index contributed by atoms with van der Waals surface area (Å²) in [5, 5.41) is 7.77. The third-order valence-corrected chi connectivity index (χ3v) is 3.17. The fourth-order valence-corrected chi connectivity index (χ4v) is 2.11. The Bertz CT molecular complexity index is 542. The van der Waals surface area contributed by atoms with E-state index in [1.807, 2.05) is 12.1 Å². The van der Waals surface area contributed by atoms with Gasteiger partial charge in [0.2, 0.25) is 5.28 Å². The molecule has 2 aromatic heterocycles. The van der Waals surface area contributed by atoms with Crippen molar-refractivity contribution in [3.8, 4) is 0 Å². The van der Waals surface area contributed by atoms with Crippen LogP contribution in [0.5, 0.6) is 0 Å². The van der Waals surface area contributed by atoms with E-state index in [9.17, 15) is 0 Å². The Morgan fingerprint density at radius 1 is 1.33 bits per heavy atom. The van der Waals surface area contributed by atoms with Crippen LogP contribution in [-0.2, 0) is 6.54 Å². The van der Waals surface area contributed by atoms with Gasteiger partial charge in [0.15, 0.2) is 11.0 Å². The van der Waals surface area contributed by atoms with Crippen molar-refractivity contribution in [3.05, 3.63) is 34.6 Å². The van der Waals surface area contributed by atoms with Gasteiger partial charge in [0.05, 0.1) is 12.8 Å². The van der Waals surface area contributed by atoms with Crippen LogP contribution in [0.3, 0.4) is 0 Å². The Hall–Kier alpha value is -1.33. The summed E-state index contributed by atoms with van der Waals surface area (Å²) < 4.78 is 5.35. The molecular weight excluding hydrogens is 275 g/mol. The Morgan fingerprint density at radius 2 is 2.17 bits per heavy atom. The summed E-state index contributed by atoms with van der Waals surface area (Å²) in [5.41, 5.74) is 0. The van der Waals surface area contributed by atoms with Gasteiger partial charge in [-0.25, -0.2) is 0 Å². The lowest BCUT2D eigenvalue weighted by Crippen LogP contribution is -2.26. The molecule has 0 aliphatic heterocycles. The molecule has 2 aromatic rings. The molecule has 1 fully saturated rings. The zero-order chi connectivity index (χ0) is 12.5. The lowest BCUT2D eigenvalue weighted by Gasteiger charge is -2.22. The minimum Gasteiger partial charge on any atom is -0.467 e. The fraction of sp³-hybridized carbons (Fsp3) is 0.364. The van der Waals surface area contributed by atoms with E-state index in [2.05, 4.69) is 20.1 Å². The van der Waals surface area contributed by atoms with Gasteiger partial charge in [0.25, 0.3) is 0 Å². The number of hydrogen-bond donors (Lipinski definition) is 0. The van der Waals surface area contributed by atoms with Crippen molar-refractivity contribution in [1.82, 2.24) is 15.2 Å². The Kier molecular flexibility index (Phi) is 3.09. The normalized spacial score (nSPS) is 14.8. The monoisotopic (exact) mass is 284 g/mol. The Morgan fingerprint density at radius 3 is 2.83 bits per heavy atom. The summed E-state index contributed by atoms with van der Waals surface area (Å²) in [6.45, 7) is 0.604. The first kappa shape index (κ1) is 11.7. The number of hydrogen-bond acceptors (Lipinski definition) is 5. The molecule has 0 aromatic carbocycles. The van der Waals surface area contributed by atoms with Gasteiger partial charge in [-0.05, 0) is 36.6 Å². The lowest BCUT2D eigenvalue weighted by atomic mass is 10.4. The zero-order valence-corrected chi connectivity index (χ0v) is 10.9. The summed E-state index contributed by atoms with van der Waals surface area (Å²) in [7, 11) is 0. The number of furan rings is 1. The number of halogens is 2. The molecule has 94 valence electrons. The van der Waals surface area contributed by atoms with Gasteiger partial charge in [0, 0.05) is 6.04 Å². The van der Waals surface area contributed by atoms with Crippen LogP contribution in [0, 0.1) is 0 Å². The highest BCUT2D eigenvalue weighted by atomic mass is 35.5. The average molecular weight is 285 g/mol. The first-order valence-electron chi connectivity index (χ1n) is 5.59. The van der Waals surface area contributed by atoms with Gasteiger partial charge in [-0.2, -0.15) is 4.98 Å². The van der Waals surface area contributed by atoms with Crippen LogP contribution in [0.15, 0.2) is 22.8 Å². The van der Waals surface area contributed by atoms with Gasteiger partial charge in [0.1, 0.15) is 5.76 Å². The highest BCUT2D eigenvalue weighted by Crippen LogP contribution is 2.35. The average Bonchev–Trinajstić information content (AvgIpc) is 3.07. The third-order valence-electron chi connectivity index (χ3n) is 2.77. The van der Waals surface area contributed by atoms with Crippen LogP contribution < -0.4 is 4.90 Å². The van der Waals surface area contributed by atoms with Crippen LogP contribution in [-0.4, -0.2) is 21.2 Å². The van der Waals surface area contributed by atoms with E-state index in [4.69, 9.17) is 27.6 Å². The fourth-order valence-electron chi connectivity index (χ4n) is 1.80. The van der Waals surface area contributed by atoms with Crippen molar-refractivity contribution < 1.29 is 4.42 Å². The van der Waals surface area contributed by atoms with E-state index in [0.29, 0.717) is 18.4 Å². The largest absolute Gasteiger partial charge is 0.467 e. The molecule has 0 bridgehead atoms. The van der Waals surface area contributed by atoms with Crippen molar-refractivity contribution in [3.63, 3.8) is 0 Å². The topological polar surface area (TPSA) is 55.1 Å². The summed E-state index contributed by atoms with van der Waals surface area (Å²) >= 11 is 11.8. The molecule has 0 atom stereocenters. The zero-order valence-electron chi connectivity index (χ0n) is 9.38. The number of nitrogens with zero attached hydrogens (tertiary/aromatic N) is 4. The van der Waals surface area contributed by atoms with Crippen LogP contribution in [0.1, 0.15) is 18.6 Å². The highest BCUT2D eigenvalue weighted by molar-refractivity contribution is 6.32. The van der Waals surface area contributed by atoms with Crippen LogP contribution in [0.2, 0.25) is 10.4 Å². The van der Waals surface area contributed by atoms with Gasteiger partial charge < -0.3 is 9.32 Å². The van der Waals surface area contributed by atoms with E-state index >= 15 is 0 Å².